The van der Waals surface area contributed by atoms with E-state index in [2.05, 4.69) is 33.6 Å². The fraction of sp³-hybridized carbons (Fsp3) is 0.143. The molecule has 3 rings (SSSR count). The van der Waals surface area contributed by atoms with Crippen molar-refractivity contribution in [3.8, 4) is 5.69 Å². The molecule has 0 saturated carbocycles. The maximum atomic E-state index is 11.4. The molecule has 0 unspecified atom stereocenters. The summed E-state index contributed by atoms with van der Waals surface area (Å²) in [5.41, 5.74) is 5.86. The minimum Gasteiger partial charge on any atom is -0.478 e. The number of carbonyl (C=O) groups is 1. The van der Waals surface area contributed by atoms with Gasteiger partial charge in [-0.25, -0.2) is 4.79 Å². The number of carboxylic acid groups (broad SMARTS) is 1. The smallest absolute Gasteiger partial charge is 0.337 e. The highest BCUT2D eigenvalue weighted by Gasteiger charge is 2.14. The van der Waals surface area contributed by atoms with E-state index in [9.17, 15) is 9.90 Å². The molecule has 0 fully saturated rings. The Morgan fingerprint density at radius 1 is 1.15 bits per heavy atom. The van der Waals surface area contributed by atoms with Crippen molar-refractivity contribution in [2.45, 2.75) is 20.8 Å². The average molecular weight is 493 g/mol. The molecule has 0 atom stereocenters. The van der Waals surface area contributed by atoms with Crippen LogP contribution in [0.5, 0.6) is 0 Å². The summed E-state index contributed by atoms with van der Waals surface area (Å²) >= 11 is 8.28. The molecule has 4 nitrogen and oxygen atoms in total. The lowest BCUT2D eigenvalue weighted by Crippen LogP contribution is -2.03. The van der Waals surface area contributed by atoms with Gasteiger partial charge in [-0.15, -0.1) is 0 Å². The number of benzene rings is 2. The predicted molar refractivity (Wildman–Crippen MR) is 118 cm³/mol. The van der Waals surface area contributed by atoms with Crippen LogP contribution in [0.15, 0.2) is 47.5 Å². The molecule has 0 radical (unpaired) electrons. The molecule has 2 aromatic carbocycles. The molecule has 0 aliphatic rings. The number of hydrogen-bond donors (Lipinski definition) is 1. The number of hydrogen-bond acceptors (Lipinski definition) is 2. The first-order valence-corrected chi connectivity index (χ1v) is 9.76. The SMILES string of the molecule is Cc1cc(I)ccc1N=Cc1cc(C)n(-c2ccc(Cl)c(C(=O)O)c2)c1C. The topological polar surface area (TPSA) is 54.6 Å². The fourth-order valence-electron chi connectivity index (χ4n) is 3.03. The zero-order valence-electron chi connectivity index (χ0n) is 15.1. The van der Waals surface area contributed by atoms with Gasteiger partial charge in [-0.3, -0.25) is 4.99 Å². The van der Waals surface area contributed by atoms with Crippen LogP contribution in [0.25, 0.3) is 5.69 Å². The third-order valence-corrected chi connectivity index (χ3v) is 5.41. The van der Waals surface area contributed by atoms with Crippen LogP contribution in [0.3, 0.4) is 0 Å². The van der Waals surface area contributed by atoms with Crippen molar-refractivity contribution in [3.05, 3.63) is 79.1 Å². The van der Waals surface area contributed by atoms with Crippen molar-refractivity contribution in [1.82, 2.24) is 4.57 Å². The van der Waals surface area contributed by atoms with Gasteiger partial charge in [0.15, 0.2) is 0 Å². The summed E-state index contributed by atoms with van der Waals surface area (Å²) in [5.74, 6) is -1.04. The van der Waals surface area contributed by atoms with Crippen LogP contribution < -0.4 is 0 Å². The van der Waals surface area contributed by atoms with E-state index < -0.39 is 5.97 Å². The molecule has 3 aromatic rings. The van der Waals surface area contributed by atoms with Crippen molar-refractivity contribution < 1.29 is 9.90 Å². The molecule has 0 bridgehead atoms. The first kappa shape index (κ1) is 19.6. The van der Waals surface area contributed by atoms with E-state index in [4.69, 9.17) is 11.6 Å². The Bertz CT molecular complexity index is 1070. The van der Waals surface area contributed by atoms with Gasteiger partial charge in [0.05, 0.1) is 16.3 Å². The Morgan fingerprint density at radius 2 is 1.89 bits per heavy atom. The fourth-order valence-corrected chi connectivity index (χ4v) is 3.88. The van der Waals surface area contributed by atoms with Crippen molar-refractivity contribution in [2.75, 3.05) is 0 Å². The summed E-state index contributed by atoms with van der Waals surface area (Å²) in [7, 11) is 0. The summed E-state index contributed by atoms with van der Waals surface area (Å²) < 4.78 is 3.18. The van der Waals surface area contributed by atoms with Crippen LogP contribution in [0, 0.1) is 24.3 Å². The summed E-state index contributed by atoms with van der Waals surface area (Å²) in [6, 6.07) is 13.2. The van der Waals surface area contributed by atoms with Gasteiger partial charge in [0.2, 0.25) is 0 Å². The lowest BCUT2D eigenvalue weighted by molar-refractivity contribution is 0.0697. The standard InChI is InChI=1S/C21H18ClIN2O2/c1-12-8-16(23)4-7-20(12)24-11-15-9-13(2)25(14(15)3)17-5-6-19(22)18(10-17)21(26)27/h4-11H,1-3H3,(H,26,27). The van der Waals surface area contributed by atoms with Gasteiger partial charge >= 0.3 is 5.97 Å². The quantitative estimate of drug-likeness (QED) is 0.353. The molecular weight excluding hydrogens is 475 g/mol. The first-order chi connectivity index (χ1) is 12.8. The maximum Gasteiger partial charge on any atom is 0.337 e. The van der Waals surface area contributed by atoms with E-state index in [0.717, 1.165) is 33.9 Å². The molecule has 0 saturated heterocycles. The minimum atomic E-state index is -1.04. The Balaban J connectivity index is 2.02. The van der Waals surface area contributed by atoms with Crippen molar-refractivity contribution in [3.63, 3.8) is 0 Å². The van der Waals surface area contributed by atoms with Crippen LogP contribution in [0.1, 0.15) is 32.9 Å². The highest BCUT2D eigenvalue weighted by Crippen LogP contribution is 2.26. The Labute approximate surface area is 176 Å². The third kappa shape index (κ3) is 4.09. The predicted octanol–water partition coefficient (Wildman–Crippen LogP) is 6.11. The van der Waals surface area contributed by atoms with E-state index in [0.29, 0.717) is 0 Å². The summed E-state index contributed by atoms with van der Waals surface area (Å²) in [4.78, 5) is 16.0. The maximum absolute atomic E-state index is 11.4. The van der Waals surface area contributed by atoms with Crippen molar-refractivity contribution in [1.29, 1.82) is 0 Å². The van der Waals surface area contributed by atoms with E-state index in [1.165, 1.54) is 3.57 Å². The average Bonchev–Trinajstić information content (AvgIpc) is 2.88. The zero-order valence-corrected chi connectivity index (χ0v) is 18.0. The van der Waals surface area contributed by atoms with E-state index in [1.807, 2.05) is 55.8 Å². The summed E-state index contributed by atoms with van der Waals surface area (Å²) in [6.07, 6.45) is 1.85. The number of aryl methyl sites for hydroxylation is 2. The molecule has 1 heterocycles. The third-order valence-electron chi connectivity index (χ3n) is 4.41. The van der Waals surface area contributed by atoms with E-state index >= 15 is 0 Å². The molecule has 1 aromatic heterocycles. The van der Waals surface area contributed by atoms with Crippen LogP contribution in [-0.2, 0) is 0 Å². The second-order valence-electron chi connectivity index (χ2n) is 6.32. The summed E-state index contributed by atoms with van der Waals surface area (Å²) in [5, 5.41) is 9.55. The molecule has 27 heavy (non-hydrogen) atoms. The van der Waals surface area contributed by atoms with Gasteiger partial charge in [0.1, 0.15) is 0 Å². The molecule has 0 spiro atoms. The molecule has 138 valence electrons. The van der Waals surface area contributed by atoms with Gasteiger partial charge in [0, 0.05) is 32.4 Å². The van der Waals surface area contributed by atoms with Gasteiger partial charge in [0.25, 0.3) is 0 Å². The van der Waals surface area contributed by atoms with Crippen LogP contribution in [-0.4, -0.2) is 21.9 Å². The molecule has 0 amide bonds. The zero-order chi connectivity index (χ0) is 19.7. The first-order valence-electron chi connectivity index (χ1n) is 8.30. The van der Waals surface area contributed by atoms with E-state index in [1.54, 1.807) is 12.1 Å². The number of rotatable bonds is 4. The molecule has 6 heteroatoms. The van der Waals surface area contributed by atoms with Crippen LogP contribution >= 0.6 is 34.2 Å². The second kappa shape index (κ2) is 7.86. The number of carboxylic acids is 1. The van der Waals surface area contributed by atoms with Crippen LogP contribution in [0.4, 0.5) is 5.69 Å². The number of aromatic nitrogens is 1. The highest BCUT2D eigenvalue weighted by molar-refractivity contribution is 14.1. The lowest BCUT2D eigenvalue weighted by atomic mass is 10.2. The summed E-state index contributed by atoms with van der Waals surface area (Å²) in [6.45, 7) is 6.01. The molecular formula is C21H18ClIN2O2. The van der Waals surface area contributed by atoms with Gasteiger partial charge < -0.3 is 9.67 Å². The van der Waals surface area contributed by atoms with Crippen LogP contribution in [0.2, 0.25) is 5.02 Å². The lowest BCUT2D eigenvalue weighted by Gasteiger charge is -2.11. The number of aliphatic imine (C=N–C) groups is 1. The van der Waals surface area contributed by atoms with Gasteiger partial charge in [-0.05, 0) is 91.4 Å². The molecule has 0 aliphatic heterocycles. The molecule has 1 N–H and O–H groups in total. The van der Waals surface area contributed by atoms with E-state index in [-0.39, 0.29) is 10.6 Å². The monoisotopic (exact) mass is 492 g/mol. The number of halogens is 2. The number of nitrogens with zero attached hydrogens (tertiary/aromatic N) is 2. The largest absolute Gasteiger partial charge is 0.478 e. The Morgan fingerprint density at radius 3 is 2.56 bits per heavy atom. The Hall–Kier alpha value is -2.12. The highest BCUT2D eigenvalue weighted by atomic mass is 127. The molecule has 0 aliphatic carbocycles. The second-order valence-corrected chi connectivity index (χ2v) is 7.97. The van der Waals surface area contributed by atoms with Crippen molar-refractivity contribution >= 4 is 52.1 Å². The van der Waals surface area contributed by atoms with Gasteiger partial charge in [-0.2, -0.15) is 0 Å². The van der Waals surface area contributed by atoms with Gasteiger partial charge in [-0.1, -0.05) is 11.6 Å². The normalized spacial score (nSPS) is 11.3. The number of aromatic carboxylic acids is 1. The Kier molecular flexibility index (Phi) is 5.72. The van der Waals surface area contributed by atoms with Crippen molar-refractivity contribution in [2.24, 2.45) is 4.99 Å². The minimum absolute atomic E-state index is 0.0893.